The van der Waals surface area contributed by atoms with Crippen molar-refractivity contribution in [1.29, 1.82) is 0 Å². The molecular weight excluding hydrogens is 256 g/mol. The number of nitrogens with one attached hydrogen (secondary N) is 1. The van der Waals surface area contributed by atoms with E-state index in [1.54, 1.807) is 12.1 Å². The second-order valence-electron chi connectivity index (χ2n) is 5.43. The van der Waals surface area contributed by atoms with Crippen LogP contribution in [0.3, 0.4) is 0 Å². The third kappa shape index (κ3) is 5.01. The third-order valence-electron chi connectivity index (χ3n) is 3.09. The molecule has 0 bridgehead atoms. The van der Waals surface area contributed by atoms with Crippen molar-refractivity contribution in [3.05, 3.63) is 35.4 Å². The molecule has 1 aromatic rings. The molecule has 0 unspecified atom stereocenters. The van der Waals surface area contributed by atoms with Crippen molar-refractivity contribution < 1.29 is 14.7 Å². The Morgan fingerprint density at radius 1 is 1.30 bits per heavy atom. The molecule has 1 aromatic carbocycles. The second kappa shape index (κ2) is 7.05. The van der Waals surface area contributed by atoms with Crippen LogP contribution in [0.5, 0.6) is 0 Å². The van der Waals surface area contributed by atoms with Gasteiger partial charge in [-0.2, -0.15) is 0 Å². The summed E-state index contributed by atoms with van der Waals surface area (Å²) in [5.41, 5.74) is 6.48. The Morgan fingerprint density at radius 2 is 1.95 bits per heavy atom. The first kappa shape index (κ1) is 16.2. The number of carboxylic acids is 1. The van der Waals surface area contributed by atoms with Crippen LogP contribution in [0, 0.1) is 0 Å². The number of aliphatic carboxylic acids is 1. The summed E-state index contributed by atoms with van der Waals surface area (Å²) in [6.45, 7) is 4.12. The van der Waals surface area contributed by atoms with E-state index in [1.165, 1.54) is 0 Å². The van der Waals surface area contributed by atoms with Crippen LogP contribution in [-0.4, -0.2) is 29.1 Å². The Labute approximate surface area is 119 Å². The van der Waals surface area contributed by atoms with Gasteiger partial charge in [0, 0.05) is 17.5 Å². The van der Waals surface area contributed by atoms with Crippen LogP contribution in [0.25, 0.3) is 0 Å². The normalized spacial score (nSPS) is 11.2. The van der Waals surface area contributed by atoms with Gasteiger partial charge < -0.3 is 16.2 Å². The van der Waals surface area contributed by atoms with Crippen molar-refractivity contribution in [3.63, 3.8) is 0 Å². The van der Waals surface area contributed by atoms with Gasteiger partial charge in [-0.15, -0.1) is 0 Å². The molecule has 5 heteroatoms. The highest BCUT2D eigenvalue weighted by Gasteiger charge is 2.23. The van der Waals surface area contributed by atoms with E-state index in [2.05, 4.69) is 5.32 Å². The van der Waals surface area contributed by atoms with Crippen molar-refractivity contribution in [2.24, 2.45) is 5.73 Å². The Morgan fingerprint density at radius 3 is 2.55 bits per heavy atom. The Bertz CT molecular complexity index is 484. The molecule has 1 rings (SSSR count). The van der Waals surface area contributed by atoms with Crippen LogP contribution in [-0.2, 0) is 11.2 Å². The van der Waals surface area contributed by atoms with E-state index in [0.717, 1.165) is 5.56 Å². The fraction of sp³-hybridized carbons (Fsp3) is 0.467. The SMILES string of the molecule is CC(C)(CCC(=O)O)NC(=O)c1ccccc1CCN. The highest BCUT2D eigenvalue weighted by Crippen LogP contribution is 2.15. The summed E-state index contributed by atoms with van der Waals surface area (Å²) >= 11 is 0. The first-order chi connectivity index (χ1) is 9.35. The molecule has 5 nitrogen and oxygen atoms in total. The molecule has 0 aromatic heterocycles. The first-order valence-corrected chi connectivity index (χ1v) is 6.68. The summed E-state index contributed by atoms with van der Waals surface area (Å²) in [5, 5.41) is 11.6. The maximum Gasteiger partial charge on any atom is 0.303 e. The zero-order chi connectivity index (χ0) is 15.2. The monoisotopic (exact) mass is 278 g/mol. The molecule has 0 spiro atoms. The second-order valence-corrected chi connectivity index (χ2v) is 5.43. The number of rotatable bonds is 7. The molecule has 0 atom stereocenters. The molecule has 0 saturated heterocycles. The molecule has 0 radical (unpaired) electrons. The summed E-state index contributed by atoms with van der Waals surface area (Å²) in [4.78, 5) is 22.9. The number of carbonyl (C=O) groups is 2. The minimum atomic E-state index is -0.865. The van der Waals surface area contributed by atoms with E-state index in [-0.39, 0.29) is 12.3 Å². The lowest BCUT2D eigenvalue weighted by Crippen LogP contribution is -2.44. The van der Waals surface area contributed by atoms with Crippen LogP contribution >= 0.6 is 0 Å². The summed E-state index contributed by atoms with van der Waals surface area (Å²) in [6.07, 6.45) is 1.05. The lowest BCUT2D eigenvalue weighted by atomic mass is 9.96. The fourth-order valence-corrected chi connectivity index (χ4v) is 1.97. The molecule has 0 heterocycles. The van der Waals surface area contributed by atoms with Gasteiger partial charge in [-0.3, -0.25) is 9.59 Å². The molecule has 0 aliphatic carbocycles. The predicted octanol–water partition coefficient (Wildman–Crippen LogP) is 1.56. The smallest absolute Gasteiger partial charge is 0.303 e. The van der Waals surface area contributed by atoms with Gasteiger partial charge in [-0.05, 0) is 44.9 Å². The molecular formula is C15H22N2O3. The van der Waals surface area contributed by atoms with E-state index in [4.69, 9.17) is 10.8 Å². The van der Waals surface area contributed by atoms with Gasteiger partial charge in [-0.25, -0.2) is 0 Å². The quantitative estimate of drug-likeness (QED) is 0.705. The van der Waals surface area contributed by atoms with Gasteiger partial charge in [0.25, 0.3) is 5.91 Å². The van der Waals surface area contributed by atoms with Crippen molar-refractivity contribution >= 4 is 11.9 Å². The van der Waals surface area contributed by atoms with Crippen LogP contribution in [0.15, 0.2) is 24.3 Å². The number of carbonyl (C=O) groups excluding carboxylic acids is 1. The van der Waals surface area contributed by atoms with Crippen molar-refractivity contribution in [3.8, 4) is 0 Å². The number of benzene rings is 1. The van der Waals surface area contributed by atoms with E-state index in [0.29, 0.717) is 24.9 Å². The minimum absolute atomic E-state index is 0.0255. The fourth-order valence-electron chi connectivity index (χ4n) is 1.97. The highest BCUT2D eigenvalue weighted by atomic mass is 16.4. The molecule has 0 saturated carbocycles. The highest BCUT2D eigenvalue weighted by molar-refractivity contribution is 5.96. The molecule has 0 aliphatic heterocycles. The minimum Gasteiger partial charge on any atom is -0.481 e. The maximum atomic E-state index is 12.3. The maximum absolute atomic E-state index is 12.3. The van der Waals surface area contributed by atoms with E-state index in [9.17, 15) is 9.59 Å². The number of hydrogen-bond donors (Lipinski definition) is 3. The summed E-state index contributed by atoms with van der Waals surface area (Å²) < 4.78 is 0. The number of hydrogen-bond acceptors (Lipinski definition) is 3. The lowest BCUT2D eigenvalue weighted by molar-refractivity contribution is -0.137. The van der Waals surface area contributed by atoms with Crippen LogP contribution in [0.1, 0.15) is 42.6 Å². The summed E-state index contributed by atoms with van der Waals surface area (Å²) in [7, 11) is 0. The van der Waals surface area contributed by atoms with Gasteiger partial charge >= 0.3 is 5.97 Å². The van der Waals surface area contributed by atoms with Crippen LogP contribution < -0.4 is 11.1 Å². The van der Waals surface area contributed by atoms with Gasteiger partial charge in [0.1, 0.15) is 0 Å². The average molecular weight is 278 g/mol. The standard InChI is InChI=1S/C15H22N2O3/c1-15(2,9-7-13(18)19)17-14(20)12-6-4-3-5-11(12)8-10-16/h3-6H,7-10,16H2,1-2H3,(H,17,20)(H,18,19). The number of amides is 1. The number of carboxylic acid groups (broad SMARTS) is 1. The molecule has 110 valence electrons. The first-order valence-electron chi connectivity index (χ1n) is 6.68. The van der Waals surface area contributed by atoms with Gasteiger partial charge in [0.2, 0.25) is 0 Å². The zero-order valence-electron chi connectivity index (χ0n) is 12.0. The van der Waals surface area contributed by atoms with E-state index >= 15 is 0 Å². The Kier molecular flexibility index (Phi) is 5.70. The molecule has 0 aliphatic rings. The average Bonchev–Trinajstić information content (AvgIpc) is 2.37. The van der Waals surface area contributed by atoms with E-state index in [1.807, 2.05) is 26.0 Å². The van der Waals surface area contributed by atoms with Crippen LogP contribution in [0.4, 0.5) is 0 Å². The van der Waals surface area contributed by atoms with Gasteiger partial charge in [0.05, 0.1) is 0 Å². The predicted molar refractivity (Wildman–Crippen MR) is 77.6 cm³/mol. The van der Waals surface area contributed by atoms with Gasteiger partial charge in [0.15, 0.2) is 0 Å². The topological polar surface area (TPSA) is 92.4 Å². The zero-order valence-corrected chi connectivity index (χ0v) is 12.0. The largest absolute Gasteiger partial charge is 0.481 e. The van der Waals surface area contributed by atoms with Crippen LogP contribution in [0.2, 0.25) is 0 Å². The molecule has 0 fully saturated rings. The third-order valence-corrected chi connectivity index (χ3v) is 3.09. The number of nitrogens with two attached hydrogens (primary N) is 1. The van der Waals surface area contributed by atoms with Crippen molar-refractivity contribution in [1.82, 2.24) is 5.32 Å². The summed E-state index contributed by atoms with van der Waals surface area (Å²) in [5.74, 6) is -1.06. The molecule has 1 amide bonds. The Hall–Kier alpha value is -1.88. The van der Waals surface area contributed by atoms with Crippen molar-refractivity contribution in [2.75, 3.05) is 6.54 Å². The summed E-state index contributed by atoms with van der Waals surface area (Å²) in [6, 6.07) is 7.32. The molecule has 20 heavy (non-hydrogen) atoms. The van der Waals surface area contributed by atoms with E-state index < -0.39 is 11.5 Å². The lowest BCUT2D eigenvalue weighted by Gasteiger charge is -2.26. The Balaban J connectivity index is 2.77. The van der Waals surface area contributed by atoms with Crippen molar-refractivity contribution in [2.45, 2.75) is 38.6 Å². The van der Waals surface area contributed by atoms with Gasteiger partial charge in [-0.1, -0.05) is 18.2 Å². The molecule has 4 N–H and O–H groups in total.